The number of likely N-dealkylation sites (tertiary alicyclic amines) is 1. The number of rotatable bonds is 12. The molecule has 3 N–H and O–H groups in total. The normalized spacial score (nSPS) is 13.9. The molecular formula is C36H44N8O4. The minimum Gasteiger partial charge on any atom is -0.381 e. The van der Waals surface area contributed by atoms with Gasteiger partial charge in [-0.05, 0) is 60.9 Å². The van der Waals surface area contributed by atoms with E-state index in [4.69, 9.17) is 4.74 Å². The lowest BCUT2D eigenvalue weighted by Gasteiger charge is -2.31. The lowest BCUT2D eigenvalue weighted by Crippen LogP contribution is -2.41. The Hall–Kier alpha value is -5.20. The summed E-state index contributed by atoms with van der Waals surface area (Å²) < 4.78 is 8.74. The number of hydrogen-bond acceptors (Lipinski definition) is 7. The third kappa shape index (κ3) is 8.78. The Labute approximate surface area is 281 Å². The number of methoxy groups -OCH3 is 1. The summed E-state index contributed by atoms with van der Waals surface area (Å²) in [5.41, 5.74) is 5.03. The van der Waals surface area contributed by atoms with E-state index in [0.717, 1.165) is 49.4 Å². The number of hydrogen-bond donors (Lipinski definition) is 3. The van der Waals surface area contributed by atoms with Gasteiger partial charge in [0.25, 0.3) is 17.7 Å². The van der Waals surface area contributed by atoms with E-state index >= 15 is 0 Å². The number of anilines is 3. The lowest BCUT2D eigenvalue weighted by atomic mass is 10.1. The van der Waals surface area contributed by atoms with E-state index in [1.165, 1.54) is 6.20 Å². The first-order valence-electron chi connectivity index (χ1n) is 16.0. The Kier molecular flexibility index (Phi) is 11.1. The number of carbonyl (C=O) groups is 3. The molecule has 0 unspecified atom stereocenters. The number of pyridine rings is 1. The second-order valence-corrected chi connectivity index (χ2v) is 12.2. The fourth-order valence-electron chi connectivity index (χ4n) is 5.61. The monoisotopic (exact) mass is 652 g/mol. The van der Waals surface area contributed by atoms with Crippen LogP contribution in [0.3, 0.4) is 0 Å². The number of piperidine rings is 1. The summed E-state index contributed by atoms with van der Waals surface area (Å²) in [6.07, 6.45) is 11.1. The Morgan fingerprint density at radius 1 is 0.875 bits per heavy atom. The van der Waals surface area contributed by atoms with Crippen molar-refractivity contribution in [1.29, 1.82) is 0 Å². The molecule has 0 aliphatic carbocycles. The average Bonchev–Trinajstić information content (AvgIpc) is 3.64. The Balaban J connectivity index is 1.12. The molecule has 1 aliphatic heterocycles. The number of amides is 3. The zero-order valence-electron chi connectivity index (χ0n) is 28.2. The number of nitrogens with one attached hydrogen (secondary N) is 3. The van der Waals surface area contributed by atoms with E-state index < -0.39 is 0 Å². The van der Waals surface area contributed by atoms with Crippen LogP contribution in [-0.2, 0) is 18.8 Å². The Morgan fingerprint density at radius 2 is 1.50 bits per heavy atom. The van der Waals surface area contributed by atoms with Crippen molar-refractivity contribution in [1.82, 2.24) is 24.3 Å². The van der Waals surface area contributed by atoms with Crippen LogP contribution in [0, 0.1) is 0 Å². The third-order valence-electron chi connectivity index (χ3n) is 8.48. The number of aryl methyl sites for hydroxylation is 2. The van der Waals surface area contributed by atoms with Gasteiger partial charge in [0, 0.05) is 85.8 Å². The second-order valence-electron chi connectivity index (χ2n) is 12.2. The van der Waals surface area contributed by atoms with Crippen molar-refractivity contribution in [3.63, 3.8) is 0 Å². The van der Waals surface area contributed by atoms with E-state index in [0.29, 0.717) is 41.0 Å². The molecule has 0 spiro atoms. The summed E-state index contributed by atoms with van der Waals surface area (Å²) in [4.78, 5) is 47.7. The third-order valence-corrected chi connectivity index (χ3v) is 8.48. The molecule has 1 saturated heterocycles. The molecular weight excluding hydrogens is 608 g/mol. The molecule has 0 bridgehead atoms. The molecule has 0 atom stereocenters. The molecule has 48 heavy (non-hydrogen) atoms. The summed E-state index contributed by atoms with van der Waals surface area (Å²) in [6, 6.07) is 14.9. The van der Waals surface area contributed by atoms with E-state index in [1.54, 1.807) is 67.0 Å². The van der Waals surface area contributed by atoms with Gasteiger partial charge in [-0.15, -0.1) is 0 Å². The van der Waals surface area contributed by atoms with Crippen LogP contribution in [0.1, 0.15) is 55.4 Å². The van der Waals surface area contributed by atoms with Crippen molar-refractivity contribution in [2.75, 3.05) is 62.9 Å². The van der Waals surface area contributed by atoms with Crippen LogP contribution in [0.25, 0.3) is 12.2 Å². The van der Waals surface area contributed by atoms with E-state index in [9.17, 15) is 14.4 Å². The van der Waals surface area contributed by atoms with Crippen LogP contribution in [-0.4, -0.2) is 90.2 Å². The van der Waals surface area contributed by atoms with Gasteiger partial charge < -0.3 is 39.6 Å². The molecule has 5 rings (SSSR count). The minimum atomic E-state index is -0.371. The SMILES string of the molecule is COC1CCN(CCNC(=O)c2cc(NC(=O)c3cc(NC(=O)c4ccc(/C=C/c5ccc(N(C)C)cc5)nc4)cn3C)cn2C)CC1. The van der Waals surface area contributed by atoms with Crippen LogP contribution >= 0.6 is 0 Å². The maximum absolute atomic E-state index is 13.1. The van der Waals surface area contributed by atoms with E-state index in [1.807, 2.05) is 55.4 Å². The highest BCUT2D eigenvalue weighted by Crippen LogP contribution is 2.19. The predicted molar refractivity (Wildman–Crippen MR) is 189 cm³/mol. The molecule has 1 aromatic carbocycles. The number of carbonyl (C=O) groups excluding carboxylic acids is 3. The van der Waals surface area contributed by atoms with Gasteiger partial charge in [-0.3, -0.25) is 19.4 Å². The first kappa shape index (κ1) is 34.1. The summed E-state index contributed by atoms with van der Waals surface area (Å²) in [5, 5.41) is 8.67. The molecule has 4 aromatic rings. The topological polar surface area (TPSA) is 126 Å². The van der Waals surface area contributed by atoms with Crippen molar-refractivity contribution in [3.05, 3.63) is 95.3 Å². The summed E-state index contributed by atoms with van der Waals surface area (Å²) in [6.45, 7) is 3.21. The highest BCUT2D eigenvalue weighted by molar-refractivity contribution is 6.07. The quantitative estimate of drug-likeness (QED) is 0.208. The predicted octanol–water partition coefficient (Wildman–Crippen LogP) is 4.34. The Bertz CT molecular complexity index is 1750. The molecule has 4 heterocycles. The van der Waals surface area contributed by atoms with Crippen molar-refractivity contribution < 1.29 is 19.1 Å². The minimum absolute atomic E-state index is 0.206. The average molecular weight is 653 g/mol. The summed E-state index contributed by atoms with van der Waals surface area (Å²) in [5.74, 6) is -0.917. The molecule has 0 radical (unpaired) electrons. The molecule has 1 aliphatic rings. The van der Waals surface area contributed by atoms with Gasteiger partial charge in [0.1, 0.15) is 11.4 Å². The number of nitrogens with zero attached hydrogens (tertiary/aromatic N) is 5. The maximum Gasteiger partial charge on any atom is 0.272 e. The summed E-state index contributed by atoms with van der Waals surface area (Å²) in [7, 11) is 9.24. The van der Waals surface area contributed by atoms with Crippen LogP contribution in [0.15, 0.2) is 67.1 Å². The van der Waals surface area contributed by atoms with E-state index in [2.05, 4.69) is 25.8 Å². The van der Waals surface area contributed by atoms with Crippen molar-refractivity contribution in [3.8, 4) is 0 Å². The van der Waals surface area contributed by atoms with Gasteiger partial charge in [-0.25, -0.2) is 0 Å². The van der Waals surface area contributed by atoms with Gasteiger partial charge in [0.15, 0.2) is 0 Å². The standard InChI is InChI=1S/C36H44N8O4/c1-41(2)30-12-7-25(8-13-30)6-10-27-11-9-26(22-38-27)34(45)39-28-21-33(43(4)23-28)36(47)40-29-20-32(42(3)24-29)35(46)37-16-19-44-17-14-31(48-5)15-18-44/h6-13,20-24,31H,14-19H2,1-5H3,(H,37,46)(H,39,45)(H,40,47)/b10-6+. The Morgan fingerprint density at radius 3 is 2.08 bits per heavy atom. The summed E-state index contributed by atoms with van der Waals surface area (Å²) >= 11 is 0. The zero-order chi connectivity index (χ0) is 34.2. The van der Waals surface area contributed by atoms with Gasteiger partial charge in [-0.1, -0.05) is 18.2 Å². The van der Waals surface area contributed by atoms with Gasteiger partial charge in [-0.2, -0.15) is 0 Å². The van der Waals surface area contributed by atoms with Crippen LogP contribution in [0.4, 0.5) is 17.1 Å². The first-order valence-corrected chi connectivity index (χ1v) is 16.0. The van der Waals surface area contributed by atoms with Crippen molar-refractivity contribution >= 4 is 46.9 Å². The van der Waals surface area contributed by atoms with Crippen LogP contribution in [0.5, 0.6) is 0 Å². The lowest BCUT2D eigenvalue weighted by molar-refractivity contribution is 0.0413. The number of benzene rings is 1. The molecule has 3 amide bonds. The highest BCUT2D eigenvalue weighted by atomic mass is 16.5. The molecule has 1 fully saturated rings. The number of ether oxygens (including phenoxy) is 1. The van der Waals surface area contributed by atoms with Crippen molar-refractivity contribution in [2.45, 2.75) is 18.9 Å². The molecule has 252 valence electrons. The number of aromatic nitrogens is 3. The van der Waals surface area contributed by atoms with Gasteiger partial charge >= 0.3 is 0 Å². The van der Waals surface area contributed by atoms with Crippen LogP contribution in [0.2, 0.25) is 0 Å². The van der Waals surface area contributed by atoms with Crippen LogP contribution < -0.4 is 20.9 Å². The largest absolute Gasteiger partial charge is 0.381 e. The fraction of sp³-hybridized carbons (Fsp3) is 0.333. The molecule has 0 saturated carbocycles. The molecule has 3 aromatic heterocycles. The smallest absolute Gasteiger partial charge is 0.272 e. The fourth-order valence-corrected chi connectivity index (χ4v) is 5.61. The zero-order valence-corrected chi connectivity index (χ0v) is 28.2. The highest BCUT2D eigenvalue weighted by Gasteiger charge is 2.20. The van der Waals surface area contributed by atoms with Crippen molar-refractivity contribution in [2.24, 2.45) is 14.1 Å². The van der Waals surface area contributed by atoms with Gasteiger partial charge in [0.2, 0.25) is 0 Å². The first-order chi connectivity index (χ1) is 23.1. The second kappa shape index (κ2) is 15.6. The maximum atomic E-state index is 13.1. The van der Waals surface area contributed by atoms with Gasteiger partial charge in [0.05, 0.1) is 28.7 Å². The van der Waals surface area contributed by atoms with E-state index in [-0.39, 0.29) is 17.7 Å². The molecule has 12 heteroatoms. The molecule has 12 nitrogen and oxygen atoms in total.